The van der Waals surface area contributed by atoms with Crippen LogP contribution >= 0.6 is 0 Å². The highest BCUT2D eigenvalue weighted by Crippen LogP contribution is 2.76. The molecule has 7 nitrogen and oxygen atoms in total. The van der Waals surface area contributed by atoms with Crippen molar-refractivity contribution < 1.29 is 24.2 Å². The first-order chi connectivity index (χ1) is 24.4. The van der Waals surface area contributed by atoms with Gasteiger partial charge in [0.15, 0.2) is 5.78 Å². The highest BCUT2D eigenvalue weighted by molar-refractivity contribution is 5.97. The van der Waals surface area contributed by atoms with Gasteiger partial charge < -0.3 is 19.6 Å². The highest BCUT2D eigenvalue weighted by Gasteiger charge is 2.68. The van der Waals surface area contributed by atoms with Crippen LogP contribution in [0.15, 0.2) is 48.1 Å². The number of amides is 1. The first-order valence-electron chi connectivity index (χ1n) is 20.3. The van der Waals surface area contributed by atoms with Gasteiger partial charge in [0, 0.05) is 43.6 Å². The summed E-state index contributed by atoms with van der Waals surface area (Å²) < 4.78 is 5.65. The molecule has 1 aromatic rings. The predicted octanol–water partition coefficient (Wildman–Crippen LogP) is 8.97. The minimum atomic E-state index is -1.06. The molecule has 7 rings (SSSR count). The lowest BCUT2D eigenvalue weighted by Gasteiger charge is -2.71. The van der Waals surface area contributed by atoms with Crippen molar-refractivity contribution in [1.82, 2.24) is 4.90 Å². The first kappa shape index (κ1) is 37.2. The quantitative estimate of drug-likeness (QED) is 0.234. The molecule has 284 valence electrons. The Balaban J connectivity index is 1.12. The van der Waals surface area contributed by atoms with Crippen molar-refractivity contribution in [3.63, 3.8) is 0 Å². The van der Waals surface area contributed by atoms with Gasteiger partial charge in [-0.1, -0.05) is 72.2 Å². The Hall–Kier alpha value is -3.09. The van der Waals surface area contributed by atoms with Crippen LogP contribution in [0.5, 0.6) is 5.75 Å². The molecule has 4 saturated carbocycles. The third-order valence-corrected chi connectivity index (χ3v) is 17.1. The highest BCUT2D eigenvalue weighted by atomic mass is 16.5. The maximum absolute atomic E-state index is 14.6. The van der Waals surface area contributed by atoms with Gasteiger partial charge in [-0.2, -0.15) is 0 Å². The molecule has 0 aromatic heterocycles. The molecule has 5 fully saturated rings. The number of anilines is 1. The topological polar surface area (TPSA) is 87.2 Å². The molecule has 0 spiro atoms. The van der Waals surface area contributed by atoms with Gasteiger partial charge in [-0.05, 0) is 127 Å². The number of hydrogen-bond donors (Lipinski definition) is 1. The summed E-state index contributed by atoms with van der Waals surface area (Å²) in [4.78, 5) is 43.7. The summed E-state index contributed by atoms with van der Waals surface area (Å²) in [6.07, 6.45) is 15.6. The van der Waals surface area contributed by atoms with Gasteiger partial charge >= 0.3 is 5.97 Å². The zero-order valence-electron chi connectivity index (χ0n) is 33.2. The number of ketones is 1. The van der Waals surface area contributed by atoms with Crippen LogP contribution < -0.4 is 9.64 Å². The minimum absolute atomic E-state index is 0.0275. The van der Waals surface area contributed by atoms with E-state index in [2.05, 4.69) is 76.5 Å². The Morgan fingerprint density at radius 2 is 1.52 bits per heavy atom. The number of methoxy groups -OCH3 is 1. The van der Waals surface area contributed by atoms with E-state index in [1.54, 1.807) is 12.7 Å². The number of fused-ring (bicyclic) bond motifs is 7. The monoisotopic (exact) mass is 712 g/mol. The van der Waals surface area contributed by atoms with Crippen LogP contribution in [0.25, 0.3) is 0 Å². The van der Waals surface area contributed by atoms with Gasteiger partial charge in [0.1, 0.15) is 5.75 Å². The number of para-hydroxylation sites is 2. The Morgan fingerprint density at radius 1 is 0.827 bits per heavy atom. The van der Waals surface area contributed by atoms with Gasteiger partial charge in [-0.25, -0.2) is 4.79 Å². The van der Waals surface area contributed by atoms with E-state index in [0.29, 0.717) is 23.7 Å². The van der Waals surface area contributed by atoms with Gasteiger partial charge in [0.25, 0.3) is 0 Å². The standard InChI is InChI=1S/C45H64N2O5/c1-40(2)31(34(48)14-16-38(49)50)17-19-43(5)36(40)18-20-45(7)37(43)15-13-30-32-29-42(4,22-21-41(32,3)23-24-44(30,45)6)39(51)47-27-25-46(26-28-47)33-11-9-10-12-35(33)52-8/h9-14,16,31-32,36-37H,15,17-29H2,1-8H3,(H,49,50)/b16-14+/t31-,32+,36+,37-,41-,42+,43+,44-,45-/m1/s1. The van der Waals surface area contributed by atoms with E-state index in [4.69, 9.17) is 4.74 Å². The number of ether oxygens (including phenoxy) is 1. The number of aliphatic carboxylic acids is 1. The van der Waals surface area contributed by atoms with E-state index in [-0.39, 0.29) is 44.2 Å². The molecular formula is C45H64N2O5. The molecule has 1 aliphatic heterocycles. The van der Waals surface area contributed by atoms with Crippen molar-refractivity contribution in [2.24, 2.45) is 56.2 Å². The molecule has 0 radical (unpaired) electrons. The minimum Gasteiger partial charge on any atom is -0.495 e. The molecule has 1 heterocycles. The molecule has 0 bridgehead atoms. The van der Waals surface area contributed by atoms with Crippen LogP contribution in [0.4, 0.5) is 5.69 Å². The Kier molecular flexibility index (Phi) is 9.13. The number of rotatable bonds is 6. The Morgan fingerprint density at radius 3 is 2.21 bits per heavy atom. The molecule has 0 unspecified atom stereocenters. The van der Waals surface area contributed by atoms with Gasteiger partial charge in [0.05, 0.1) is 12.8 Å². The Bertz CT molecular complexity index is 1670. The normalized spacial score (nSPS) is 41.2. The van der Waals surface area contributed by atoms with E-state index in [1.165, 1.54) is 18.9 Å². The summed E-state index contributed by atoms with van der Waals surface area (Å²) in [5, 5.41) is 9.19. The molecule has 6 aliphatic rings. The van der Waals surface area contributed by atoms with E-state index in [9.17, 15) is 19.5 Å². The second-order valence-electron chi connectivity index (χ2n) is 19.7. The van der Waals surface area contributed by atoms with Crippen LogP contribution in [0.1, 0.15) is 113 Å². The summed E-state index contributed by atoms with van der Waals surface area (Å²) in [6, 6.07) is 8.19. The maximum Gasteiger partial charge on any atom is 0.328 e. The van der Waals surface area contributed by atoms with E-state index >= 15 is 0 Å². The zero-order chi connectivity index (χ0) is 37.5. The second-order valence-corrected chi connectivity index (χ2v) is 19.7. The summed E-state index contributed by atoms with van der Waals surface area (Å²) >= 11 is 0. The third kappa shape index (κ3) is 5.51. The number of carboxylic acids is 1. The summed E-state index contributed by atoms with van der Waals surface area (Å²) in [6.45, 7) is 20.2. The number of piperazine rings is 1. The lowest BCUT2D eigenvalue weighted by atomic mass is 9.33. The summed E-state index contributed by atoms with van der Waals surface area (Å²) in [7, 11) is 1.72. The van der Waals surface area contributed by atoms with Crippen LogP contribution in [0, 0.1) is 56.2 Å². The molecule has 5 aliphatic carbocycles. The molecule has 1 saturated heterocycles. The van der Waals surface area contributed by atoms with Gasteiger partial charge in [0.2, 0.25) is 5.91 Å². The van der Waals surface area contributed by atoms with E-state index in [0.717, 1.165) is 95.1 Å². The van der Waals surface area contributed by atoms with Crippen LogP contribution in [-0.2, 0) is 14.4 Å². The van der Waals surface area contributed by atoms with Crippen molar-refractivity contribution in [2.75, 3.05) is 38.2 Å². The van der Waals surface area contributed by atoms with Crippen molar-refractivity contribution in [3.8, 4) is 5.75 Å². The summed E-state index contributed by atoms with van der Waals surface area (Å²) in [5.41, 5.74) is 2.76. The summed E-state index contributed by atoms with van der Waals surface area (Å²) in [5.74, 6) is 1.35. The second kappa shape index (κ2) is 12.8. The first-order valence-corrected chi connectivity index (χ1v) is 20.3. The molecule has 52 heavy (non-hydrogen) atoms. The SMILES string of the molecule is COc1ccccc1N1CCN(C(=O)[C@@]2(C)CC[C@]3(C)CC[C@]4(C)C(=CC[C@@H]5[C@@]6(C)CC[C@H](C(=O)/C=C/C(=O)O)C(C)(C)[C@@H]6CC[C@]54C)[C@@H]3C2)CC1. The Labute approximate surface area is 312 Å². The molecule has 1 amide bonds. The molecule has 1 aromatic carbocycles. The average Bonchev–Trinajstić information content (AvgIpc) is 3.11. The number of benzene rings is 1. The van der Waals surface area contributed by atoms with Crippen LogP contribution in [0.3, 0.4) is 0 Å². The fraction of sp³-hybridized carbons (Fsp3) is 0.711. The number of hydrogen-bond acceptors (Lipinski definition) is 5. The molecule has 9 atom stereocenters. The van der Waals surface area contributed by atoms with E-state index in [1.807, 2.05) is 12.1 Å². The van der Waals surface area contributed by atoms with Crippen molar-refractivity contribution in [2.45, 2.75) is 113 Å². The average molecular weight is 713 g/mol. The van der Waals surface area contributed by atoms with Gasteiger partial charge in [-0.3, -0.25) is 9.59 Å². The van der Waals surface area contributed by atoms with Crippen LogP contribution in [0.2, 0.25) is 0 Å². The molecule has 1 N–H and O–H groups in total. The number of carbonyl (C=O) groups excluding carboxylic acids is 2. The third-order valence-electron chi connectivity index (χ3n) is 17.1. The lowest BCUT2D eigenvalue weighted by Crippen LogP contribution is -2.64. The number of carbonyl (C=O) groups is 3. The maximum atomic E-state index is 14.6. The van der Waals surface area contributed by atoms with Crippen LogP contribution in [-0.4, -0.2) is 61.0 Å². The van der Waals surface area contributed by atoms with Crippen molar-refractivity contribution in [1.29, 1.82) is 0 Å². The van der Waals surface area contributed by atoms with Crippen molar-refractivity contribution in [3.05, 3.63) is 48.1 Å². The lowest BCUT2D eigenvalue weighted by molar-refractivity contribution is -0.192. The van der Waals surface area contributed by atoms with Gasteiger partial charge in [-0.15, -0.1) is 0 Å². The largest absolute Gasteiger partial charge is 0.495 e. The van der Waals surface area contributed by atoms with Crippen molar-refractivity contribution >= 4 is 23.3 Å². The molecule has 7 heteroatoms. The predicted molar refractivity (Wildman–Crippen MR) is 206 cm³/mol. The zero-order valence-corrected chi connectivity index (χ0v) is 33.2. The molecular weight excluding hydrogens is 649 g/mol. The van der Waals surface area contributed by atoms with E-state index < -0.39 is 5.97 Å². The fourth-order valence-corrected chi connectivity index (χ4v) is 13.8. The number of allylic oxidation sites excluding steroid dienone is 3. The smallest absolute Gasteiger partial charge is 0.328 e. The number of carboxylic acid groups (broad SMARTS) is 1. The number of nitrogens with zero attached hydrogens (tertiary/aromatic N) is 2. The fourth-order valence-electron chi connectivity index (χ4n) is 13.8.